The van der Waals surface area contributed by atoms with Gasteiger partial charge in [-0.05, 0) is 25.3 Å². The van der Waals surface area contributed by atoms with E-state index in [1.54, 1.807) is 0 Å². The molecule has 94 valence electrons. The van der Waals surface area contributed by atoms with Crippen molar-refractivity contribution in [3.05, 3.63) is 0 Å². The fourth-order valence-corrected chi connectivity index (χ4v) is 2.38. The second kappa shape index (κ2) is 5.96. The summed E-state index contributed by atoms with van der Waals surface area (Å²) in [4.78, 5) is 2.48. The molecule has 16 heavy (non-hydrogen) atoms. The number of ether oxygens (including phenoxy) is 1. The molecule has 0 bridgehead atoms. The number of nitrogens with one attached hydrogen (secondary N) is 2. The van der Waals surface area contributed by atoms with Crippen LogP contribution in [0.2, 0.25) is 0 Å². The molecule has 2 fully saturated rings. The van der Waals surface area contributed by atoms with E-state index in [9.17, 15) is 0 Å². The highest BCUT2D eigenvalue weighted by atomic mass is 16.5. The quantitative estimate of drug-likeness (QED) is 0.596. The van der Waals surface area contributed by atoms with Crippen molar-refractivity contribution < 1.29 is 4.74 Å². The molecule has 0 atom stereocenters. The molecule has 0 spiro atoms. The minimum atomic E-state index is 0.583. The molecule has 1 heterocycles. The predicted molar refractivity (Wildman–Crippen MR) is 65.7 cm³/mol. The summed E-state index contributed by atoms with van der Waals surface area (Å²) in [5.41, 5.74) is 0.583. The van der Waals surface area contributed by atoms with E-state index >= 15 is 0 Å². The van der Waals surface area contributed by atoms with E-state index in [-0.39, 0.29) is 0 Å². The molecule has 0 amide bonds. The Kier molecular flexibility index (Phi) is 4.58. The van der Waals surface area contributed by atoms with Gasteiger partial charge in [-0.1, -0.05) is 0 Å². The van der Waals surface area contributed by atoms with Crippen molar-refractivity contribution in [3.63, 3.8) is 0 Å². The molecule has 2 aliphatic rings. The third kappa shape index (κ3) is 3.70. The third-order valence-corrected chi connectivity index (χ3v) is 3.72. The van der Waals surface area contributed by atoms with E-state index in [1.807, 2.05) is 7.05 Å². The van der Waals surface area contributed by atoms with Crippen LogP contribution in [-0.2, 0) is 4.74 Å². The number of nitrogens with zero attached hydrogens (tertiary/aromatic N) is 1. The second-order valence-electron chi connectivity index (χ2n) is 5.16. The van der Waals surface area contributed by atoms with Crippen molar-refractivity contribution in [2.24, 2.45) is 5.41 Å². The number of hydrogen-bond donors (Lipinski definition) is 2. The molecule has 4 heteroatoms. The Hall–Kier alpha value is -0.160. The first-order chi connectivity index (χ1) is 7.85. The average Bonchev–Trinajstić information content (AvgIpc) is 3.07. The summed E-state index contributed by atoms with van der Waals surface area (Å²) in [6, 6.07) is 0. The first-order valence-corrected chi connectivity index (χ1v) is 6.50. The van der Waals surface area contributed by atoms with Gasteiger partial charge in [0.1, 0.15) is 0 Å². The van der Waals surface area contributed by atoms with Crippen LogP contribution < -0.4 is 10.6 Å². The highest BCUT2D eigenvalue weighted by molar-refractivity contribution is 4.96. The predicted octanol–water partition coefficient (Wildman–Crippen LogP) is -0.0922. The summed E-state index contributed by atoms with van der Waals surface area (Å²) in [5.74, 6) is 0. The minimum Gasteiger partial charge on any atom is -0.379 e. The van der Waals surface area contributed by atoms with E-state index in [0.717, 1.165) is 39.4 Å². The molecular weight excluding hydrogens is 202 g/mol. The highest BCUT2D eigenvalue weighted by Gasteiger charge is 2.41. The molecule has 0 aromatic carbocycles. The average molecular weight is 227 g/mol. The Labute approximate surface area is 98.7 Å². The van der Waals surface area contributed by atoms with E-state index < -0.39 is 0 Å². The van der Waals surface area contributed by atoms with Crippen LogP contribution >= 0.6 is 0 Å². The number of morpholine rings is 1. The van der Waals surface area contributed by atoms with Gasteiger partial charge in [-0.2, -0.15) is 0 Å². The summed E-state index contributed by atoms with van der Waals surface area (Å²) in [6.07, 6.45) is 2.77. The lowest BCUT2D eigenvalue weighted by atomic mass is 10.1. The Balaban J connectivity index is 1.51. The molecule has 1 aliphatic heterocycles. The number of rotatable bonds is 7. The van der Waals surface area contributed by atoms with Crippen molar-refractivity contribution in [1.29, 1.82) is 0 Å². The van der Waals surface area contributed by atoms with Crippen LogP contribution in [0.4, 0.5) is 0 Å². The van der Waals surface area contributed by atoms with Gasteiger partial charge in [0.15, 0.2) is 0 Å². The van der Waals surface area contributed by atoms with Crippen LogP contribution in [0, 0.1) is 5.41 Å². The van der Waals surface area contributed by atoms with Crippen LogP contribution in [0.3, 0.4) is 0 Å². The standard InChI is InChI=1S/C12H25N3O/c1-13-10-12(2-3-12)11-14-4-5-15-6-8-16-9-7-15/h13-14H,2-11H2,1H3. The van der Waals surface area contributed by atoms with Crippen molar-refractivity contribution in [1.82, 2.24) is 15.5 Å². The van der Waals surface area contributed by atoms with Crippen LogP contribution in [0.5, 0.6) is 0 Å². The van der Waals surface area contributed by atoms with Crippen molar-refractivity contribution >= 4 is 0 Å². The van der Waals surface area contributed by atoms with Crippen LogP contribution in [0.1, 0.15) is 12.8 Å². The molecule has 0 radical (unpaired) electrons. The van der Waals surface area contributed by atoms with Gasteiger partial charge in [-0.25, -0.2) is 0 Å². The molecule has 0 aromatic rings. The van der Waals surface area contributed by atoms with Gasteiger partial charge in [0.05, 0.1) is 13.2 Å². The zero-order valence-electron chi connectivity index (χ0n) is 10.4. The largest absolute Gasteiger partial charge is 0.379 e. The summed E-state index contributed by atoms with van der Waals surface area (Å²) >= 11 is 0. The maximum absolute atomic E-state index is 5.33. The Bertz CT molecular complexity index is 200. The lowest BCUT2D eigenvalue weighted by molar-refractivity contribution is 0.0383. The van der Waals surface area contributed by atoms with Crippen molar-refractivity contribution in [2.45, 2.75) is 12.8 Å². The summed E-state index contributed by atoms with van der Waals surface area (Å²) in [5, 5.41) is 6.89. The van der Waals surface area contributed by atoms with Gasteiger partial charge in [-0.3, -0.25) is 4.90 Å². The Morgan fingerprint density at radius 3 is 2.56 bits per heavy atom. The molecule has 2 rings (SSSR count). The van der Waals surface area contributed by atoms with E-state index in [4.69, 9.17) is 4.74 Å². The highest BCUT2D eigenvalue weighted by Crippen LogP contribution is 2.44. The topological polar surface area (TPSA) is 36.5 Å². The van der Waals surface area contributed by atoms with Crippen molar-refractivity contribution in [2.75, 3.05) is 59.5 Å². The second-order valence-corrected chi connectivity index (χ2v) is 5.16. The molecule has 0 unspecified atom stereocenters. The van der Waals surface area contributed by atoms with Gasteiger partial charge < -0.3 is 15.4 Å². The zero-order valence-corrected chi connectivity index (χ0v) is 10.4. The summed E-state index contributed by atoms with van der Waals surface area (Å²) < 4.78 is 5.33. The molecule has 1 saturated carbocycles. The maximum atomic E-state index is 5.33. The fourth-order valence-electron chi connectivity index (χ4n) is 2.38. The zero-order chi connectivity index (χ0) is 11.3. The lowest BCUT2D eigenvalue weighted by Gasteiger charge is -2.27. The van der Waals surface area contributed by atoms with Crippen LogP contribution in [-0.4, -0.2) is 64.4 Å². The SMILES string of the molecule is CNCC1(CNCCN2CCOCC2)CC1. The lowest BCUT2D eigenvalue weighted by Crippen LogP contribution is -2.41. The van der Waals surface area contributed by atoms with E-state index in [0.29, 0.717) is 5.41 Å². The fraction of sp³-hybridized carbons (Fsp3) is 1.00. The monoisotopic (exact) mass is 227 g/mol. The van der Waals surface area contributed by atoms with E-state index in [1.165, 1.54) is 25.9 Å². The van der Waals surface area contributed by atoms with Crippen molar-refractivity contribution in [3.8, 4) is 0 Å². The smallest absolute Gasteiger partial charge is 0.0594 e. The van der Waals surface area contributed by atoms with Gasteiger partial charge >= 0.3 is 0 Å². The van der Waals surface area contributed by atoms with Gasteiger partial charge in [0.2, 0.25) is 0 Å². The first kappa shape index (κ1) is 12.3. The Morgan fingerprint density at radius 2 is 1.94 bits per heavy atom. The third-order valence-electron chi connectivity index (χ3n) is 3.72. The molecular formula is C12H25N3O. The van der Waals surface area contributed by atoms with Crippen LogP contribution in [0.25, 0.3) is 0 Å². The normalized spacial score (nSPS) is 24.6. The summed E-state index contributed by atoms with van der Waals surface area (Å²) in [6.45, 7) is 8.64. The van der Waals surface area contributed by atoms with Gasteiger partial charge in [0, 0.05) is 39.3 Å². The molecule has 2 N–H and O–H groups in total. The molecule has 1 saturated heterocycles. The first-order valence-electron chi connectivity index (χ1n) is 6.50. The number of hydrogen-bond acceptors (Lipinski definition) is 4. The maximum Gasteiger partial charge on any atom is 0.0594 e. The minimum absolute atomic E-state index is 0.583. The molecule has 4 nitrogen and oxygen atoms in total. The van der Waals surface area contributed by atoms with E-state index in [2.05, 4.69) is 15.5 Å². The van der Waals surface area contributed by atoms with Crippen LogP contribution in [0.15, 0.2) is 0 Å². The Morgan fingerprint density at radius 1 is 1.19 bits per heavy atom. The molecule has 1 aliphatic carbocycles. The molecule has 0 aromatic heterocycles. The van der Waals surface area contributed by atoms with Gasteiger partial charge in [-0.15, -0.1) is 0 Å². The summed E-state index contributed by atoms with van der Waals surface area (Å²) in [7, 11) is 2.05. The van der Waals surface area contributed by atoms with Gasteiger partial charge in [0.25, 0.3) is 0 Å².